The van der Waals surface area contributed by atoms with Crippen LogP contribution >= 0.6 is 0 Å². The average Bonchev–Trinajstić information content (AvgIpc) is 2.19. The number of aromatic nitrogens is 1. The molecule has 1 aromatic heterocycles. The molecule has 0 radical (unpaired) electrons. The molecule has 0 bridgehead atoms. The third kappa shape index (κ3) is 2.53. The quantitative estimate of drug-likeness (QED) is 0.760. The van der Waals surface area contributed by atoms with Crippen molar-refractivity contribution in [1.82, 2.24) is 4.98 Å². The Bertz CT molecular complexity index is 261. The zero-order valence-corrected chi connectivity index (χ0v) is 8.72. The molecular weight excluding hydrogens is 176 g/mol. The fourth-order valence-corrected chi connectivity index (χ4v) is 1.56. The molecule has 14 heavy (non-hydrogen) atoms. The molecule has 78 valence electrons. The molecule has 0 saturated carbocycles. The van der Waals surface area contributed by atoms with Gasteiger partial charge in [-0.05, 0) is 17.5 Å². The van der Waals surface area contributed by atoms with Gasteiger partial charge in [0.25, 0.3) is 0 Å². The van der Waals surface area contributed by atoms with Crippen molar-refractivity contribution in [3.05, 3.63) is 30.1 Å². The lowest BCUT2D eigenvalue weighted by Gasteiger charge is -2.25. The minimum atomic E-state index is -0.131. The summed E-state index contributed by atoms with van der Waals surface area (Å²) in [5, 5.41) is 9.23. The van der Waals surface area contributed by atoms with Gasteiger partial charge in [-0.15, -0.1) is 0 Å². The number of hydrogen-bond acceptors (Lipinski definition) is 3. The van der Waals surface area contributed by atoms with E-state index in [0.29, 0.717) is 5.92 Å². The van der Waals surface area contributed by atoms with E-state index < -0.39 is 0 Å². The Morgan fingerprint density at radius 3 is 2.64 bits per heavy atom. The summed E-state index contributed by atoms with van der Waals surface area (Å²) < 4.78 is 0. The monoisotopic (exact) mass is 194 g/mol. The van der Waals surface area contributed by atoms with E-state index in [4.69, 9.17) is 5.73 Å². The molecule has 0 saturated heterocycles. The summed E-state index contributed by atoms with van der Waals surface area (Å²) >= 11 is 0. The standard InChI is InChI=1S/C11H18N2O/c1-8(2)10(7-14)11(12)9-4-3-5-13-6-9/h3-6,8,10-11,14H,7,12H2,1-2H3. The number of nitrogens with zero attached hydrogens (tertiary/aromatic N) is 1. The minimum Gasteiger partial charge on any atom is -0.396 e. The summed E-state index contributed by atoms with van der Waals surface area (Å²) in [7, 11) is 0. The lowest BCUT2D eigenvalue weighted by Crippen LogP contribution is -2.28. The van der Waals surface area contributed by atoms with Crippen molar-refractivity contribution >= 4 is 0 Å². The second kappa shape index (κ2) is 5.08. The Balaban J connectivity index is 2.78. The Kier molecular flexibility index (Phi) is 4.04. The highest BCUT2D eigenvalue weighted by Crippen LogP contribution is 2.24. The van der Waals surface area contributed by atoms with Gasteiger partial charge in [-0.25, -0.2) is 0 Å². The zero-order valence-electron chi connectivity index (χ0n) is 8.72. The van der Waals surface area contributed by atoms with E-state index in [-0.39, 0.29) is 18.6 Å². The van der Waals surface area contributed by atoms with Crippen molar-refractivity contribution in [3.63, 3.8) is 0 Å². The summed E-state index contributed by atoms with van der Waals surface area (Å²) in [6.45, 7) is 4.25. The van der Waals surface area contributed by atoms with E-state index in [1.807, 2.05) is 12.1 Å². The van der Waals surface area contributed by atoms with Crippen LogP contribution in [0.3, 0.4) is 0 Å². The molecule has 1 heterocycles. The SMILES string of the molecule is CC(C)C(CO)C(N)c1cccnc1. The highest BCUT2D eigenvalue weighted by molar-refractivity contribution is 5.14. The van der Waals surface area contributed by atoms with Gasteiger partial charge in [-0.1, -0.05) is 19.9 Å². The van der Waals surface area contributed by atoms with Crippen LogP contribution in [0.15, 0.2) is 24.5 Å². The molecular formula is C11H18N2O. The summed E-state index contributed by atoms with van der Waals surface area (Å²) in [6, 6.07) is 3.68. The minimum absolute atomic E-state index is 0.0965. The second-order valence-electron chi connectivity index (χ2n) is 3.90. The number of aliphatic hydroxyl groups excluding tert-OH is 1. The second-order valence-corrected chi connectivity index (χ2v) is 3.90. The third-order valence-electron chi connectivity index (χ3n) is 2.60. The van der Waals surface area contributed by atoms with Gasteiger partial charge in [0.1, 0.15) is 0 Å². The molecule has 0 aliphatic heterocycles. The molecule has 3 N–H and O–H groups in total. The molecule has 0 amide bonds. The predicted octanol–water partition coefficient (Wildman–Crippen LogP) is 1.35. The normalized spacial score (nSPS) is 15.5. The van der Waals surface area contributed by atoms with Gasteiger partial charge in [-0.2, -0.15) is 0 Å². The van der Waals surface area contributed by atoms with Gasteiger partial charge >= 0.3 is 0 Å². The maximum atomic E-state index is 9.23. The van der Waals surface area contributed by atoms with Gasteiger partial charge in [0, 0.05) is 31.0 Å². The van der Waals surface area contributed by atoms with Gasteiger partial charge in [0.05, 0.1) is 0 Å². The van der Waals surface area contributed by atoms with Gasteiger partial charge < -0.3 is 10.8 Å². The number of pyridine rings is 1. The molecule has 2 unspecified atom stereocenters. The lowest BCUT2D eigenvalue weighted by molar-refractivity contribution is 0.166. The first-order chi connectivity index (χ1) is 6.66. The first-order valence-corrected chi connectivity index (χ1v) is 4.93. The van der Waals surface area contributed by atoms with Crippen molar-refractivity contribution in [1.29, 1.82) is 0 Å². The summed E-state index contributed by atoms with van der Waals surface area (Å²) in [5.41, 5.74) is 7.04. The number of aliphatic hydroxyl groups is 1. The van der Waals surface area contributed by atoms with E-state index in [2.05, 4.69) is 18.8 Å². The molecule has 0 aromatic carbocycles. The molecule has 3 nitrogen and oxygen atoms in total. The van der Waals surface area contributed by atoms with Crippen LogP contribution in [0, 0.1) is 11.8 Å². The first kappa shape index (κ1) is 11.1. The highest BCUT2D eigenvalue weighted by atomic mass is 16.3. The van der Waals surface area contributed by atoms with E-state index in [1.54, 1.807) is 12.4 Å². The van der Waals surface area contributed by atoms with Crippen LogP contribution in [-0.4, -0.2) is 16.7 Å². The van der Waals surface area contributed by atoms with E-state index in [0.717, 1.165) is 5.56 Å². The Morgan fingerprint density at radius 1 is 1.50 bits per heavy atom. The molecule has 2 atom stereocenters. The maximum Gasteiger partial charge on any atom is 0.0479 e. The van der Waals surface area contributed by atoms with Crippen molar-refractivity contribution in [3.8, 4) is 0 Å². The molecule has 0 spiro atoms. The van der Waals surface area contributed by atoms with E-state index in [9.17, 15) is 5.11 Å². The first-order valence-electron chi connectivity index (χ1n) is 4.93. The maximum absolute atomic E-state index is 9.23. The molecule has 0 aliphatic carbocycles. The summed E-state index contributed by atoms with van der Waals surface area (Å²) in [6.07, 6.45) is 3.48. The van der Waals surface area contributed by atoms with Crippen LogP contribution in [0.25, 0.3) is 0 Å². The van der Waals surface area contributed by atoms with Gasteiger partial charge in [0.15, 0.2) is 0 Å². The molecule has 1 rings (SSSR count). The number of nitrogens with two attached hydrogens (primary N) is 1. The van der Waals surface area contributed by atoms with Gasteiger partial charge in [-0.3, -0.25) is 4.98 Å². The van der Waals surface area contributed by atoms with Crippen molar-refractivity contribution in [2.24, 2.45) is 17.6 Å². The summed E-state index contributed by atoms with van der Waals surface area (Å²) in [4.78, 5) is 4.02. The zero-order chi connectivity index (χ0) is 10.6. The number of hydrogen-bond donors (Lipinski definition) is 2. The predicted molar refractivity (Wildman–Crippen MR) is 56.6 cm³/mol. The largest absolute Gasteiger partial charge is 0.396 e. The summed E-state index contributed by atoms with van der Waals surface area (Å²) in [5.74, 6) is 0.467. The molecule has 0 fully saturated rings. The Hall–Kier alpha value is -0.930. The Labute approximate surface area is 85.0 Å². The van der Waals surface area contributed by atoms with Crippen molar-refractivity contribution in [2.75, 3.05) is 6.61 Å². The highest BCUT2D eigenvalue weighted by Gasteiger charge is 2.21. The van der Waals surface area contributed by atoms with Crippen molar-refractivity contribution in [2.45, 2.75) is 19.9 Å². The lowest BCUT2D eigenvalue weighted by atomic mass is 9.86. The van der Waals surface area contributed by atoms with E-state index >= 15 is 0 Å². The Morgan fingerprint density at radius 2 is 2.21 bits per heavy atom. The van der Waals surface area contributed by atoms with E-state index in [1.165, 1.54) is 0 Å². The topological polar surface area (TPSA) is 59.1 Å². The third-order valence-corrected chi connectivity index (χ3v) is 2.60. The average molecular weight is 194 g/mol. The number of rotatable bonds is 4. The molecule has 3 heteroatoms. The molecule has 0 aliphatic rings. The van der Waals surface area contributed by atoms with Crippen LogP contribution in [0.1, 0.15) is 25.5 Å². The molecule has 1 aromatic rings. The smallest absolute Gasteiger partial charge is 0.0479 e. The van der Waals surface area contributed by atoms with Crippen LogP contribution in [0.4, 0.5) is 0 Å². The van der Waals surface area contributed by atoms with Crippen molar-refractivity contribution < 1.29 is 5.11 Å². The van der Waals surface area contributed by atoms with Gasteiger partial charge in [0.2, 0.25) is 0 Å². The van der Waals surface area contributed by atoms with Crippen LogP contribution in [0.2, 0.25) is 0 Å². The fourth-order valence-electron chi connectivity index (χ4n) is 1.56. The van der Waals surface area contributed by atoms with Crippen LogP contribution < -0.4 is 5.73 Å². The van der Waals surface area contributed by atoms with Crippen LogP contribution in [-0.2, 0) is 0 Å². The fraction of sp³-hybridized carbons (Fsp3) is 0.545. The van der Waals surface area contributed by atoms with Crippen LogP contribution in [0.5, 0.6) is 0 Å².